The molecule has 2 rings (SSSR count). The van der Waals surface area contributed by atoms with Crippen LogP contribution < -0.4 is 0 Å². The maximum Gasteiger partial charge on any atom is 0.219 e. The highest BCUT2D eigenvalue weighted by atomic mass is 16.4. The molecule has 0 amide bonds. The Bertz CT molecular complexity index is 429. The predicted octanol–water partition coefficient (Wildman–Crippen LogP) is 4.40. The van der Waals surface area contributed by atoms with Crippen LogP contribution in [0.1, 0.15) is 26.7 Å². The third-order valence-corrected chi connectivity index (χ3v) is 1.89. The average molecular weight is 215 g/mol. The summed E-state index contributed by atoms with van der Waals surface area (Å²) < 4.78 is 5.51. The van der Waals surface area contributed by atoms with Crippen molar-refractivity contribution in [2.45, 2.75) is 20.8 Å². The first-order valence-corrected chi connectivity index (χ1v) is 5.54. The molecule has 1 aromatic carbocycles. The van der Waals surface area contributed by atoms with E-state index in [2.05, 4.69) is 4.98 Å². The number of allylic oxidation sites excluding steroid dienone is 1. The van der Waals surface area contributed by atoms with E-state index in [1.165, 1.54) is 0 Å². The second-order valence-corrected chi connectivity index (χ2v) is 2.93. The van der Waals surface area contributed by atoms with E-state index >= 15 is 0 Å². The van der Waals surface area contributed by atoms with Gasteiger partial charge in [0.25, 0.3) is 0 Å². The molecule has 0 saturated heterocycles. The van der Waals surface area contributed by atoms with Crippen LogP contribution in [0.4, 0.5) is 0 Å². The number of nitrogens with zero attached hydrogens (tertiary/aromatic N) is 1. The third-order valence-electron chi connectivity index (χ3n) is 1.89. The second-order valence-electron chi connectivity index (χ2n) is 2.93. The quantitative estimate of drug-likeness (QED) is 0.742. The molecule has 2 nitrogen and oxygen atoms in total. The van der Waals surface area contributed by atoms with Crippen molar-refractivity contribution in [2.24, 2.45) is 0 Å². The van der Waals surface area contributed by atoms with Gasteiger partial charge in [0.15, 0.2) is 5.76 Å². The molecule has 1 heterocycles. The summed E-state index contributed by atoms with van der Waals surface area (Å²) in [6, 6.07) is 9.94. The Kier molecular flexibility index (Phi) is 5.06. The van der Waals surface area contributed by atoms with Crippen LogP contribution >= 0.6 is 0 Å². The zero-order valence-electron chi connectivity index (χ0n) is 9.97. The summed E-state index contributed by atoms with van der Waals surface area (Å²) in [5.74, 6) is 1.45. The van der Waals surface area contributed by atoms with Gasteiger partial charge >= 0.3 is 0 Å². The van der Waals surface area contributed by atoms with Crippen molar-refractivity contribution < 1.29 is 4.42 Å². The van der Waals surface area contributed by atoms with E-state index in [1.807, 2.05) is 63.3 Å². The van der Waals surface area contributed by atoms with E-state index in [-0.39, 0.29) is 0 Å². The number of oxazole rings is 1. The lowest BCUT2D eigenvalue weighted by atomic mass is 10.2. The van der Waals surface area contributed by atoms with Crippen LogP contribution in [0, 0.1) is 0 Å². The van der Waals surface area contributed by atoms with Crippen molar-refractivity contribution in [3.63, 3.8) is 0 Å². The Balaban J connectivity index is 0.000000606. The zero-order chi connectivity index (χ0) is 11.8. The first-order valence-electron chi connectivity index (χ1n) is 5.54. The molecule has 0 aliphatic rings. The molecule has 0 saturated carbocycles. The Morgan fingerprint density at radius 2 is 1.81 bits per heavy atom. The van der Waals surface area contributed by atoms with Crippen LogP contribution in [0.3, 0.4) is 0 Å². The molecule has 0 aliphatic carbocycles. The van der Waals surface area contributed by atoms with Crippen molar-refractivity contribution in [1.82, 2.24) is 4.98 Å². The highest BCUT2D eigenvalue weighted by Crippen LogP contribution is 2.19. The van der Waals surface area contributed by atoms with Crippen LogP contribution in [0.2, 0.25) is 0 Å². The third kappa shape index (κ3) is 3.09. The minimum absolute atomic E-state index is 0.645. The molecule has 0 bridgehead atoms. The van der Waals surface area contributed by atoms with Crippen LogP contribution in [0.25, 0.3) is 17.4 Å². The molecule has 0 unspecified atom stereocenters. The maximum atomic E-state index is 5.51. The Morgan fingerprint density at radius 3 is 2.44 bits per heavy atom. The molecule has 0 radical (unpaired) electrons. The number of aromatic nitrogens is 1. The molecule has 0 fully saturated rings. The molecule has 0 aliphatic heterocycles. The lowest BCUT2D eigenvalue weighted by molar-refractivity contribution is 0.560. The summed E-state index contributed by atoms with van der Waals surface area (Å²) in [7, 11) is 0. The van der Waals surface area contributed by atoms with Crippen molar-refractivity contribution in [1.29, 1.82) is 0 Å². The van der Waals surface area contributed by atoms with Crippen molar-refractivity contribution in [3.05, 3.63) is 48.5 Å². The molecule has 2 aromatic rings. The highest BCUT2D eigenvalue weighted by Gasteiger charge is 2.02. The van der Waals surface area contributed by atoms with Gasteiger partial charge in [0.2, 0.25) is 5.89 Å². The van der Waals surface area contributed by atoms with E-state index in [1.54, 1.807) is 6.20 Å². The number of benzene rings is 1. The Labute approximate surface area is 96.6 Å². The number of rotatable bonds is 2. The summed E-state index contributed by atoms with van der Waals surface area (Å²) >= 11 is 0. The van der Waals surface area contributed by atoms with Crippen molar-refractivity contribution >= 4 is 6.08 Å². The van der Waals surface area contributed by atoms with E-state index in [9.17, 15) is 0 Å². The number of hydrogen-bond acceptors (Lipinski definition) is 2. The van der Waals surface area contributed by atoms with Gasteiger partial charge in [-0.2, -0.15) is 0 Å². The van der Waals surface area contributed by atoms with Gasteiger partial charge in [0.05, 0.1) is 6.20 Å². The molecule has 84 valence electrons. The first kappa shape index (κ1) is 12.2. The topological polar surface area (TPSA) is 26.0 Å². The van der Waals surface area contributed by atoms with Gasteiger partial charge in [-0.05, 0) is 13.0 Å². The van der Waals surface area contributed by atoms with Gasteiger partial charge in [0, 0.05) is 5.56 Å². The maximum absolute atomic E-state index is 5.51. The minimum Gasteiger partial charge on any atom is -0.437 e. The fourth-order valence-electron chi connectivity index (χ4n) is 1.24. The SMILES string of the molecule is C/C=C/c1ncc(-c2ccccc2)o1.CC. The molecule has 2 heteroatoms. The fourth-order valence-corrected chi connectivity index (χ4v) is 1.24. The smallest absolute Gasteiger partial charge is 0.219 e. The van der Waals surface area contributed by atoms with Crippen LogP contribution in [0.5, 0.6) is 0 Å². The monoisotopic (exact) mass is 215 g/mol. The van der Waals surface area contributed by atoms with Crippen LogP contribution in [-0.4, -0.2) is 4.98 Å². The van der Waals surface area contributed by atoms with E-state index in [0.717, 1.165) is 11.3 Å². The van der Waals surface area contributed by atoms with Gasteiger partial charge in [-0.25, -0.2) is 4.98 Å². The van der Waals surface area contributed by atoms with E-state index < -0.39 is 0 Å². The molecule has 0 atom stereocenters. The summed E-state index contributed by atoms with van der Waals surface area (Å²) in [5, 5.41) is 0. The lowest BCUT2D eigenvalue weighted by Gasteiger charge is -1.92. The fraction of sp³-hybridized carbons (Fsp3) is 0.214. The van der Waals surface area contributed by atoms with E-state index in [4.69, 9.17) is 4.42 Å². The Hall–Kier alpha value is -1.83. The van der Waals surface area contributed by atoms with Crippen LogP contribution in [0.15, 0.2) is 47.0 Å². The molecular weight excluding hydrogens is 198 g/mol. The van der Waals surface area contributed by atoms with Gasteiger partial charge in [0.1, 0.15) is 0 Å². The standard InChI is InChI=1S/C12H11NO.C2H6/c1-2-6-12-13-9-11(14-12)10-7-4-3-5-8-10;1-2/h2-9H,1H3;1-2H3/b6-2+;. The zero-order valence-corrected chi connectivity index (χ0v) is 9.97. The molecule has 16 heavy (non-hydrogen) atoms. The normalized spacial score (nSPS) is 9.94. The lowest BCUT2D eigenvalue weighted by Crippen LogP contribution is -1.69. The molecular formula is C14H17NO. The van der Waals surface area contributed by atoms with Gasteiger partial charge < -0.3 is 4.42 Å². The molecule has 0 spiro atoms. The summed E-state index contributed by atoms with van der Waals surface area (Å²) in [6.07, 6.45) is 5.48. The largest absolute Gasteiger partial charge is 0.437 e. The van der Waals surface area contributed by atoms with Crippen molar-refractivity contribution in [3.8, 4) is 11.3 Å². The van der Waals surface area contributed by atoms with Crippen molar-refractivity contribution in [2.75, 3.05) is 0 Å². The second kappa shape index (κ2) is 6.62. The summed E-state index contributed by atoms with van der Waals surface area (Å²) in [4.78, 5) is 4.13. The summed E-state index contributed by atoms with van der Waals surface area (Å²) in [5.41, 5.74) is 1.05. The highest BCUT2D eigenvalue weighted by molar-refractivity contribution is 5.57. The van der Waals surface area contributed by atoms with Crippen LogP contribution in [-0.2, 0) is 0 Å². The minimum atomic E-state index is 0.645. The summed E-state index contributed by atoms with van der Waals surface area (Å²) in [6.45, 7) is 5.94. The predicted molar refractivity (Wildman–Crippen MR) is 68.0 cm³/mol. The van der Waals surface area contributed by atoms with Gasteiger partial charge in [-0.15, -0.1) is 0 Å². The average Bonchev–Trinajstić information content (AvgIpc) is 2.82. The molecule has 0 N–H and O–H groups in total. The molecule has 1 aromatic heterocycles. The Morgan fingerprint density at radius 1 is 1.12 bits per heavy atom. The first-order chi connectivity index (χ1) is 7.90. The van der Waals surface area contributed by atoms with E-state index in [0.29, 0.717) is 5.89 Å². The van der Waals surface area contributed by atoms with Gasteiger partial charge in [-0.3, -0.25) is 0 Å². The number of hydrogen-bond donors (Lipinski definition) is 0. The van der Waals surface area contributed by atoms with Gasteiger partial charge in [-0.1, -0.05) is 50.3 Å².